The average molecular weight is 421 g/mol. The Hall–Kier alpha value is -3.61. The van der Waals surface area contributed by atoms with Crippen molar-refractivity contribution in [2.24, 2.45) is 7.05 Å². The summed E-state index contributed by atoms with van der Waals surface area (Å²) in [4.78, 5) is 31.5. The van der Waals surface area contributed by atoms with Gasteiger partial charge < -0.3 is 19.5 Å². The van der Waals surface area contributed by atoms with Crippen LogP contribution in [0, 0.1) is 0 Å². The summed E-state index contributed by atoms with van der Waals surface area (Å²) in [5.74, 6) is 0.00309. The van der Waals surface area contributed by atoms with Crippen LogP contribution in [0.25, 0.3) is 0 Å². The number of ether oxygens (including phenoxy) is 1. The molecule has 0 radical (unpaired) electrons. The molecule has 162 valence electrons. The summed E-state index contributed by atoms with van der Waals surface area (Å²) < 4.78 is 7.04. The number of likely N-dealkylation sites (N-methyl/N-ethyl adjacent to an activating group) is 1. The van der Waals surface area contributed by atoms with Crippen molar-refractivity contribution >= 4 is 11.8 Å². The van der Waals surface area contributed by atoms with Crippen LogP contribution in [-0.2, 0) is 13.5 Å². The van der Waals surface area contributed by atoms with E-state index in [1.807, 2.05) is 49.6 Å². The number of carbonyl (C=O) groups excluding carboxylic acids is 2. The van der Waals surface area contributed by atoms with E-state index in [-0.39, 0.29) is 17.9 Å². The highest BCUT2D eigenvalue weighted by atomic mass is 16.5. The van der Waals surface area contributed by atoms with Crippen LogP contribution >= 0.6 is 0 Å². The Morgan fingerprint density at radius 2 is 1.90 bits per heavy atom. The third-order valence-corrected chi connectivity index (χ3v) is 5.32. The van der Waals surface area contributed by atoms with E-state index in [4.69, 9.17) is 4.74 Å². The molecule has 1 aromatic carbocycles. The van der Waals surface area contributed by atoms with Gasteiger partial charge in [0.15, 0.2) is 0 Å². The largest absolute Gasteiger partial charge is 0.480 e. The van der Waals surface area contributed by atoms with Crippen molar-refractivity contribution in [2.45, 2.75) is 18.9 Å². The maximum Gasteiger partial charge on any atom is 0.267 e. The van der Waals surface area contributed by atoms with Crippen molar-refractivity contribution in [3.05, 3.63) is 83.8 Å². The van der Waals surface area contributed by atoms with E-state index in [2.05, 4.69) is 10.3 Å². The van der Waals surface area contributed by atoms with E-state index in [9.17, 15) is 9.59 Å². The lowest BCUT2D eigenvalue weighted by atomic mass is 10.0. The van der Waals surface area contributed by atoms with Gasteiger partial charge in [0.2, 0.25) is 5.88 Å². The molecule has 3 aromatic rings. The van der Waals surface area contributed by atoms with Crippen molar-refractivity contribution < 1.29 is 14.3 Å². The molecule has 0 aliphatic carbocycles. The number of aromatic nitrogens is 2. The molecular weight excluding hydrogens is 392 g/mol. The first kappa shape index (κ1) is 22.1. The van der Waals surface area contributed by atoms with Crippen LogP contribution in [0.15, 0.2) is 67.0 Å². The molecular formula is C24H28N4O3. The second kappa shape index (κ2) is 10.4. The summed E-state index contributed by atoms with van der Waals surface area (Å²) in [6.07, 6.45) is 4.71. The van der Waals surface area contributed by atoms with Gasteiger partial charge in [-0.3, -0.25) is 9.59 Å². The number of amides is 2. The van der Waals surface area contributed by atoms with Crippen LogP contribution in [0.1, 0.15) is 32.8 Å². The number of carbonyl (C=O) groups is 2. The maximum absolute atomic E-state index is 13.2. The highest BCUT2D eigenvalue weighted by Gasteiger charge is 2.24. The molecule has 3 rings (SSSR count). The van der Waals surface area contributed by atoms with Gasteiger partial charge in [-0.05, 0) is 42.7 Å². The lowest BCUT2D eigenvalue weighted by Crippen LogP contribution is -2.41. The molecule has 1 atom stereocenters. The first-order valence-electron chi connectivity index (χ1n) is 10.2. The Bertz CT molecular complexity index is 1020. The second-order valence-electron chi connectivity index (χ2n) is 7.37. The molecule has 0 saturated carbocycles. The number of nitrogens with one attached hydrogen (secondary N) is 1. The minimum Gasteiger partial charge on any atom is -0.480 e. The van der Waals surface area contributed by atoms with Gasteiger partial charge in [-0.15, -0.1) is 0 Å². The molecule has 0 bridgehead atoms. The van der Waals surface area contributed by atoms with Crippen molar-refractivity contribution in [1.29, 1.82) is 0 Å². The van der Waals surface area contributed by atoms with Gasteiger partial charge in [-0.25, -0.2) is 4.98 Å². The molecule has 0 spiro atoms. The Morgan fingerprint density at radius 1 is 1.13 bits per heavy atom. The SMILES string of the molecule is COc1ncccc1C(=O)N(C)C(CCNC(=O)c1cccn1C)Cc1ccccc1. The van der Waals surface area contributed by atoms with Gasteiger partial charge >= 0.3 is 0 Å². The van der Waals surface area contributed by atoms with Crippen LogP contribution in [-0.4, -0.2) is 53.0 Å². The quantitative estimate of drug-likeness (QED) is 0.578. The standard InChI is InChI=1S/C24H28N4O3/c1-27-16-8-12-21(27)22(29)25-15-13-19(17-18-9-5-4-6-10-18)28(2)24(30)20-11-7-14-26-23(20)31-3/h4-12,14,16,19H,13,15,17H2,1-3H3,(H,25,29). The van der Waals surface area contributed by atoms with Gasteiger partial charge in [0.1, 0.15) is 11.3 Å². The first-order chi connectivity index (χ1) is 15.0. The molecule has 0 aliphatic heterocycles. The summed E-state index contributed by atoms with van der Waals surface area (Å²) in [5.41, 5.74) is 2.14. The predicted octanol–water partition coefficient (Wildman–Crippen LogP) is 2.93. The van der Waals surface area contributed by atoms with Gasteiger partial charge in [-0.1, -0.05) is 30.3 Å². The third-order valence-electron chi connectivity index (χ3n) is 5.32. The Labute approximate surface area is 182 Å². The van der Waals surface area contributed by atoms with E-state index in [1.54, 1.807) is 40.9 Å². The monoisotopic (exact) mass is 420 g/mol. The first-order valence-corrected chi connectivity index (χ1v) is 10.2. The molecule has 2 heterocycles. The summed E-state index contributed by atoms with van der Waals surface area (Å²) in [6.45, 7) is 0.448. The predicted molar refractivity (Wildman–Crippen MR) is 119 cm³/mol. The molecule has 31 heavy (non-hydrogen) atoms. The minimum atomic E-state index is -0.167. The molecule has 7 heteroatoms. The lowest BCUT2D eigenvalue weighted by Gasteiger charge is -2.29. The van der Waals surface area contributed by atoms with E-state index in [1.165, 1.54) is 7.11 Å². The molecule has 2 aromatic heterocycles. The van der Waals surface area contributed by atoms with Crippen LogP contribution in [0.4, 0.5) is 0 Å². The average Bonchev–Trinajstić information content (AvgIpc) is 3.24. The van der Waals surface area contributed by atoms with Crippen molar-refractivity contribution in [1.82, 2.24) is 19.8 Å². The molecule has 2 amide bonds. The number of rotatable bonds is 9. The van der Waals surface area contributed by atoms with Crippen LogP contribution in [0.2, 0.25) is 0 Å². The molecule has 0 aliphatic rings. The van der Waals surface area contributed by atoms with Crippen molar-refractivity contribution in [3.8, 4) is 5.88 Å². The Morgan fingerprint density at radius 3 is 2.58 bits per heavy atom. The van der Waals surface area contributed by atoms with E-state index in [0.717, 1.165) is 5.56 Å². The highest BCUT2D eigenvalue weighted by Crippen LogP contribution is 2.19. The van der Waals surface area contributed by atoms with E-state index >= 15 is 0 Å². The lowest BCUT2D eigenvalue weighted by molar-refractivity contribution is 0.0718. The number of pyridine rings is 1. The fourth-order valence-electron chi connectivity index (χ4n) is 3.53. The minimum absolute atomic E-state index is 0.117. The molecule has 0 fully saturated rings. The maximum atomic E-state index is 13.2. The Kier molecular flexibility index (Phi) is 7.43. The topological polar surface area (TPSA) is 76.5 Å². The zero-order chi connectivity index (χ0) is 22.2. The van der Waals surface area contributed by atoms with Crippen LogP contribution in [0.3, 0.4) is 0 Å². The third kappa shape index (κ3) is 5.51. The fraction of sp³-hybridized carbons (Fsp3) is 0.292. The number of methoxy groups -OCH3 is 1. The summed E-state index contributed by atoms with van der Waals surface area (Å²) in [7, 11) is 5.11. The number of nitrogens with zero attached hydrogens (tertiary/aromatic N) is 3. The Balaban J connectivity index is 1.73. The molecule has 1 unspecified atom stereocenters. The van der Waals surface area contributed by atoms with E-state index < -0.39 is 0 Å². The zero-order valence-electron chi connectivity index (χ0n) is 18.1. The number of hydrogen-bond donors (Lipinski definition) is 1. The van der Waals surface area contributed by atoms with Gasteiger partial charge in [-0.2, -0.15) is 0 Å². The van der Waals surface area contributed by atoms with E-state index in [0.29, 0.717) is 36.5 Å². The van der Waals surface area contributed by atoms with Gasteiger partial charge in [0.05, 0.1) is 7.11 Å². The van der Waals surface area contributed by atoms with Crippen molar-refractivity contribution in [2.75, 3.05) is 20.7 Å². The van der Waals surface area contributed by atoms with Crippen molar-refractivity contribution in [3.63, 3.8) is 0 Å². The van der Waals surface area contributed by atoms with Gasteiger partial charge in [0.25, 0.3) is 11.8 Å². The van der Waals surface area contributed by atoms with Crippen LogP contribution < -0.4 is 10.1 Å². The molecule has 7 nitrogen and oxygen atoms in total. The zero-order valence-corrected chi connectivity index (χ0v) is 18.1. The second-order valence-corrected chi connectivity index (χ2v) is 7.37. The summed E-state index contributed by atoms with van der Waals surface area (Å²) in [6, 6.07) is 16.9. The highest BCUT2D eigenvalue weighted by molar-refractivity contribution is 5.96. The fourth-order valence-corrected chi connectivity index (χ4v) is 3.53. The summed E-state index contributed by atoms with van der Waals surface area (Å²) in [5, 5.41) is 2.96. The normalized spacial score (nSPS) is 11.6. The number of benzene rings is 1. The smallest absolute Gasteiger partial charge is 0.267 e. The molecule has 1 N–H and O–H groups in total. The number of aryl methyl sites for hydroxylation is 1. The number of hydrogen-bond acceptors (Lipinski definition) is 4. The van der Waals surface area contributed by atoms with Crippen LogP contribution in [0.5, 0.6) is 5.88 Å². The summed E-state index contributed by atoms with van der Waals surface area (Å²) >= 11 is 0. The molecule has 0 saturated heterocycles. The van der Waals surface area contributed by atoms with Gasteiger partial charge in [0, 0.05) is 39.1 Å².